The summed E-state index contributed by atoms with van der Waals surface area (Å²) in [6, 6.07) is 3.07. The molecule has 3 aliphatic heterocycles. The Morgan fingerprint density at radius 2 is 1.80 bits per heavy atom. The summed E-state index contributed by atoms with van der Waals surface area (Å²) in [5.74, 6) is -1.71. The summed E-state index contributed by atoms with van der Waals surface area (Å²) < 4.78 is 37.2. The van der Waals surface area contributed by atoms with Crippen LogP contribution in [0.5, 0.6) is 0 Å². The number of amides is 1. The number of carboxylic acid groups (broad SMARTS) is 1. The fourth-order valence-electron chi connectivity index (χ4n) is 4.54. The zero-order chi connectivity index (χ0) is 21.9. The van der Waals surface area contributed by atoms with E-state index in [4.69, 9.17) is 14.6 Å². The molecule has 0 saturated carbocycles. The molecule has 168 valence electrons. The van der Waals surface area contributed by atoms with Crippen molar-refractivity contribution in [2.75, 3.05) is 32.8 Å². The minimum absolute atomic E-state index is 0.262. The number of hydrogen-bond donors (Lipinski definition) is 1. The molecule has 1 aromatic rings. The lowest BCUT2D eigenvalue weighted by atomic mass is 9.99. The predicted molar refractivity (Wildman–Crippen MR) is 106 cm³/mol. The van der Waals surface area contributed by atoms with Gasteiger partial charge in [-0.25, -0.2) is 4.79 Å². The number of aliphatic carboxylic acids is 1. The molecule has 0 bridgehead atoms. The minimum Gasteiger partial charge on any atom is -0.475 e. The Hall–Kier alpha value is -1.65. The molecule has 4 heterocycles. The summed E-state index contributed by atoms with van der Waals surface area (Å²) in [5, 5.41) is 9.15. The normalized spacial score (nSPS) is 25.0. The predicted octanol–water partition coefficient (Wildman–Crippen LogP) is 3.41. The zero-order valence-corrected chi connectivity index (χ0v) is 17.7. The van der Waals surface area contributed by atoms with Crippen LogP contribution in [0.25, 0.3) is 0 Å². The maximum Gasteiger partial charge on any atom is 0.490 e. The first kappa shape index (κ1) is 23.0. The van der Waals surface area contributed by atoms with E-state index >= 15 is 0 Å². The molecule has 0 aliphatic carbocycles. The Bertz CT molecular complexity index is 749. The van der Waals surface area contributed by atoms with Gasteiger partial charge < -0.3 is 14.7 Å². The number of carbonyl (C=O) groups is 2. The van der Waals surface area contributed by atoms with Crippen LogP contribution in [0.2, 0.25) is 0 Å². The fourth-order valence-corrected chi connectivity index (χ4v) is 5.42. The number of carbonyl (C=O) groups excluding carboxylic acids is 1. The quantitative estimate of drug-likeness (QED) is 0.768. The largest absolute Gasteiger partial charge is 0.490 e. The topological polar surface area (TPSA) is 70.1 Å². The molecule has 3 fully saturated rings. The molecule has 0 spiro atoms. The molecule has 0 unspecified atom stereocenters. The van der Waals surface area contributed by atoms with Crippen molar-refractivity contribution in [3.8, 4) is 0 Å². The van der Waals surface area contributed by atoms with Crippen molar-refractivity contribution in [1.29, 1.82) is 0 Å². The van der Waals surface area contributed by atoms with Crippen LogP contribution in [0.15, 0.2) is 11.4 Å². The number of alkyl halides is 3. The summed E-state index contributed by atoms with van der Waals surface area (Å²) in [5.41, 5.74) is 1.13. The molecule has 4 rings (SSSR count). The highest BCUT2D eigenvalue weighted by Crippen LogP contribution is 2.35. The first-order chi connectivity index (χ1) is 14.2. The Labute approximate surface area is 177 Å². The number of rotatable bonds is 3. The van der Waals surface area contributed by atoms with Gasteiger partial charge >= 0.3 is 12.1 Å². The number of ether oxygens (including phenoxy) is 1. The van der Waals surface area contributed by atoms with Crippen molar-refractivity contribution in [2.24, 2.45) is 5.92 Å². The minimum atomic E-state index is -5.08. The van der Waals surface area contributed by atoms with Crippen LogP contribution in [-0.4, -0.2) is 77.9 Å². The Morgan fingerprint density at radius 1 is 1.17 bits per heavy atom. The summed E-state index contributed by atoms with van der Waals surface area (Å²) in [6.45, 7) is 7.17. The van der Waals surface area contributed by atoms with Gasteiger partial charge in [-0.1, -0.05) is 0 Å². The van der Waals surface area contributed by atoms with E-state index in [9.17, 15) is 18.0 Å². The smallest absolute Gasteiger partial charge is 0.475 e. The third-order valence-corrected chi connectivity index (χ3v) is 7.09. The van der Waals surface area contributed by atoms with Crippen molar-refractivity contribution >= 4 is 23.2 Å². The van der Waals surface area contributed by atoms with E-state index in [0.717, 1.165) is 55.5 Å². The second kappa shape index (κ2) is 9.65. The van der Waals surface area contributed by atoms with Crippen molar-refractivity contribution in [2.45, 2.75) is 50.9 Å². The van der Waals surface area contributed by atoms with E-state index < -0.39 is 12.1 Å². The molecular weight excluding hydrogens is 421 g/mol. The van der Waals surface area contributed by atoms with E-state index in [0.29, 0.717) is 12.1 Å². The fraction of sp³-hybridized carbons (Fsp3) is 0.700. The van der Waals surface area contributed by atoms with Crippen molar-refractivity contribution in [3.63, 3.8) is 0 Å². The Morgan fingerprint density at radius 3 is 2.37 bits per heavy atom. The lowest BCUT2D eigenvalue weighted by Gasteiger charge is -2.30. The number of nitrogens with zero attached hydrogens (tertiary/aromatic N) is 2. The maximum atomic E-state index is 12.9. The number of halogens is 3. The van der Waals surface area contributed by atoms with Gasteiger partial charge in [0.15, 0.2) is 0 Å². The van der Waals surface area contributed by atoms with E-state index in [1.165, 1.54) is 19.4 Å². The summed E-state index contributed by atoms with van der Waals surface area (Å²) in [4.78, 5) is 27.5. The first-order valence-corrected chi connectivity index (χ1v) is 11.0. The second-order valence-electron chi connectivity index (χ2n) is 8.00. The van der Waals surface area contributed by atoms with Crippen molar-refractivity contribution in [3.05, 3.63) is 21.9 Å². The number of hydrogen-bond acceptors (Lipinski definition) is 5. The summed E-state index contributed by atoms with van der Waals surface area (Å²) >= 11 is 1.59. The highest BCUT2D eigenvalue weighted by molar-refractivity contribution is 7.12. The number of aryl methyl sites for hydroxylation is 1. The van der Waals surface area contributed by atoms with E-state index in [1.54, 1.807) is 11.3 Å². The number of thiophene rings is 1. The van der Waals surface area contributed by atoms with Gasteiger partial charge in [0.1, 0.15) is 0 Å². The van der Waals surface area contributed by atoms with E-state index in [-0.39, 0.29) is 5.91 Å². The molecule has 0 aromatic carbocycles. The third kappa shape index (κ3) is 5.33. The lowest BCUT2D eigenvalue weighted by molar-refractivity contribution is -0.192. The molecule has 30 heavy (non-hydrogen) atoms. The average Bonchev–Trinajstić information content (AvgIpc) is 3.39. The van der Waals surface area contributed by atoms with Gasteiger partial charge in [-0.2, -0.15) is 13.2 Å². The van der Waals surface area contributed by atoms with Gasteiger partial charge in [0.05, 0.1) is 4.88 Å². The maximum absolute atomic E-state index is 12.9. The Kier molecular flexibility index (Phi) is 7.41. The molecule has 1 aromatic heterocycles. The van der Waals surface area contributed by atoms with Crippen LogP contribution in [0.4, 0.5) is 13.2 Å². The molecule has 3 saturated heterocycles. The standard InChI is InChI=1S/C18H26N2O2S.C2HF3O2/c1-13-6-11-23-17(13)18(21)20-8-3-15-16(20)2-7-19(15)12-14-4-9-22-10-5-14;3-2(4,5)1(6)7/h6,11,14-16H,2-5,7-10,12H2,1H3;(H,6,7)/t15-,16+;/m0./s1. The van der Waals surface area contributed by atoms with Crippen LogP contribution in [0.1, 0.15) is 40.9 Å². The van der Waals surface area contributed by atoms with Gasteiger partial charge in [0, 0.05) is 44.9 Å². The van der Waals surface area contributed by atoms with Gasteiger partial charge in [-0.05, 0) is 55.5 Å². The highest BCUT2D eigenvalue weighted by atomic mass is 32.1. The van der Waals surface area contributed by atoms with E-state index in [1.807, 2.05) is 12.3 Å². The zero-order valence-electron chi connectivity index (χ0n) is 16.9. The van der Waals surface area contributed by atoms with Crippen LogP contribution < -0.4 is 0 Å². The molecule has 2 atom stereocenters. The van der Waals surface area contributed by atoms with Gasteiger partial charge in [-0.3, -0.25) is 9.69 Å². The molecule has 0 radical (unpaired) electrons. The SMILES string of the molecule is Cc1ccsc1C(=O)N1CC[C@H]2[C@H]1CCN2CC1CCOCC1.O=C(O)C(F)(F)F. The van der Waals surface area contributed by atoms with Crippen LogP contribution >= 0.6 is 11.3 Å². The average molecular weight is 449 g/mol. The van der Waals surface area contributed by atoms with Gasteiger partial charge in [0.25, 0.3) is 5.91 Å². The number of carboxylic acids is 1. The molecular formula is C20H27F3N2O4S. The third-order valence-electron chi connectivity index (χ3n) is 6.08. The summed E-state index contributed by atoms with van der Waals surface area (Å²) in [6.07, 6.45) is -0.399. The van der Waals surface area contributed by atoms with Gasteiger partial charge in [-0.15, -0.1) is 11.3 Å². The molecule has 6 nitrogen and oxygen atoms in total. The monoisotopic (exact) mass is 448 g/mol. The van der Waals surface area contributed by atoms with Crippen molar-refractivity contribution < 1.29 is 32.6 Å². The van der Waals surface area contributed by atoms with Crippen LogP contribution in [0, 0.1) is 12.8 Å². The van der Waals surface area contributed by atoms with E-state index in [2.05, 4.69) is 15.9 Å². The van der Waals surface area contributed by atoms with Crippen LogP contribution in [0.3, 0.4) is 0 Å². The Balaban J connectivity index is 0.000000318. The first-order valence-electron chi connectivity index (χ1n) is 10.2. The van der Waals surface area contributed by atoms with Gasteiger partial charge in [0.2, 0.25) is 0 Å². The molecule has 1 N–H and O–H groups in total. The molecule has 1 amide bonds. The van der Waals surface area contributed by atoms with Crippen LogP contribution in [-0.2, 0) is 9.53 Å². The van der Waals surface area contributed by atoms with Crippen molar-refractivity contribution in [1.82, 2.24) is 9.80 Å². The number of fused-ring (bicyclic) bond motifs is 1. The molecule has 10 heteroatoms. The molecule has 3 aliphatic rings. The summed E-state index contributed by atoms with van der Waals surface area (Å²) in [7, 11) is 0. The highest BCUT2D eigenvalue weighted by Gasteiger charge is 2.45. The second-order valence-corrected chi connectivity index (χ2v) is 8.91. The lowest BCUT2D eigenvalue weighted by Crippen LogP contribution is -2.41. The number of likely N-dealkylation sites (tertiary alicyclic amines) is 2.